The van der Waals surface area contributed by atoms with E-state index in [1.807, 2.05) is 0 Å². The summed E-state index contributed by atoms with van der Waals surface area (Å²) in [4.78, 5) is 0. The molecule has 0 aromatic rings. The van der Waals surface area contributed by atoms with Crippen LogP contribution in [0.25, 0.3) is 0 Å². The van der Waals surface area contributed by atoms with Crippen molar-refractivity contribution in [2.45, 2.75) is 31.9 Å². The number of primary sulfonamides is 1. The Hall–Kier alpha value is -0.220. The van der Waals surface area contributed by atoms with Crippen LogP contribution in [0, 0.1) is 0 Å². The van der Waals surface area contributed by atoms with E-state index in [1.54, 1.807) is 13.8 Å². The lowest BCUT2D eigenvalue weighted by Crippen LogP contribution is -2.51. The van der Waals surface area contributed by atoms with Crippen molar-refractivity contribution in [3.8, 4) is 0 Å². The van der Waals surface area contributed by atoms with Crippen molar-refractivity contribution in [3.05, 3.63) is 0 Å². The SMILES string of the molecule is CCN(CC)S(=O)(=O)N1CCCC(S(N)(=O)=O)C1. The molecular weight excluding hydrogens is 278 g/mol. The topological polar surface area (TPSA) is 101 Å². The molecule has 1 unspecified atom stereocenters. The Morgan fingerprint density at radius 1 is 1.22 bits per heavy atom. The molecule has 1 fully saturated rings. The van der Waals surface area contributed by atoms with Gasteiger partial charge in [0, 0.05) is 26.2 Å². The molecule has 2 N–H and O–H groups in total. The first-order valence-corrected chi connectivity index (χ1v) is 9.01. The third-order valence-corrected chi connectivity index (χ3v) is 6.63. The minimum Gasteiger partial charge on any atom is -0.228 e. The van der Waals surface area contributed by atoms with Gasteiger partial charge in [-0.15, -0.1) is 0 Å². The maximum Gasteiger partial charge on any atom is 0.281 e. The predicted octanol–water partition coefficient (Wildman–Crippen LogP) is -0.674. The molecule has 1 atom stereocenters. The molecule has 1 aliphatic heterocycles. The maximum atomic E-state index is 12.2. The summed E-state index contributed by atoms with van der Waals surface area (Å²) in [5.74, 6) is 0. The van der Waals surface area contributed by atoms with Gasteiger partial charge in [-0.25, -0.2) is 13.6 Å². The van der Waals surface area contributed by atoms with Gasteiger partial charge in [0.05, 0.1) is 5.25 Å². The van der Waals surface area contributed by atoms with Crippen LogP contribution in [0.3, 0.4) is 0 Å². The summed E-state index contributed by atoms with van der Waals surface area (Å²) in [6.45, 7) is 4.55. The van der Waals surface area contributed by atoms with Crippen LogP contribution in [0.2, 0.25) is 0 Å². The van der Waals surface area contributed by atoms with Gasteiger partial charge in [0.2, 0.25) is 10.0 Å². The number of hydrogen-bond donors (Lipinski definition) is 1. The van der Waals surface area contributed by atoms with Crippen LogP contribution in [0.5, 0.6) is 0 Å². The van der Waals surface area contributed by atoms with Gasteiger partial charge < -0.3 is 0 Å². The lowest BCUT2D eigenvalue weighted by Gasteiger charge is -2.34. The van der Waals surface area contributed by atoms with E-state index in [-0.39, 0.29) is 6.54 Å². The number of sulfonamides is 1. The zero-order valence-electron chi connectivity index (χ0n) is 10.7. The molecule has 0 aromatic carbocycles. The van der Waals surface area contributed by atoms with Gasteiger partial charge in [0.25, 0.3) is 10.2 Å². The third-order valence-electron chi connectivity index (χ3n) is 3.16. The van der Waals surface area contributed by atoms with Crippen LogP contribution in [0.4, 0.5) is 0 Å². The molecule has 0 radical (unpaired) electrons. The van der Waals surface area contributed by atoms with Crippen LogP contribution in [0.15, 0.2) is 0 Å². The van der Waals surface area contributed by atoms with Crippen LogP contribution < -0.4 is 5.14 Å². The lowest BCUT2D eigenvalue weighted by molar-refractivity contribution is 0.310. The van der Waals surface area contributed by atoms with Gasteiger partial charge in [-0.05, 0) is 12.8 Å². The van der Waals surface area contributed by atoms with Gasteiger partial charge >= 0.3 is 0 Å². The molecule has 1 rings (SSSR count). The summed E-state index contributed by atoms with van der Waals surface area (Å²) < 4.78 is 49.6. The highest BCUT2D eigenvalue weighted by Gasteiger charge is 2.36. The Balaban J connectivity index is 2.90. The van der Waals surface area contributed by atoms with E-state index in [0.29, 0.717) is 32.5 Å². The van der Waals surface area contributed by atoms with Crippen LogP contribution in [-0.2, 0) is 20.2 Å². The highest BCUT2D eigenvalue weighted by atomic mass is 32.2. The van der Waals surface area contributed by atoms with Crippen molar-refractivity contribution in [1.29, 1.82) is 0 Å². The number of rotatable bonds is 5. The standard InChI is InChI=1S/C9H21N3O4S2/c1-3-11(4-2)18(15,16)12-7-5-6-9(8-12)17(10,13)14/h9H,3-8H2,1-2H3,(H2,10,13,14). The molecule has 0 aromatic heterocycles. The van der Waals surface area contributed by atoms with Crippen molar-refractivity contribution < 1.29 is 16.8 Å². The number of nitrogens with zero attached hydrogens (tertiary/aromatic N) is 2. The molecule has 18 heavy (non-hydrogen) atoms. The molecule has 1 saturated heterocycles. The first-order valence-electron chi connectivity index (χ1n) is 6.00. The predicted molar refractivity (Wildman–Crippen MR) is 69.5 cm³/mol. The second kappa shape index (κ2) is 5.83. The Kier molecular flexibility index (Phi) is 5.13. The first kappa shape index (κ1) is 15.8. The molecule has 108 valence electrons. The summed E-state index contributed by atoms with van der Waals surface area (Å²) in [5.41, 5.74) is 0. The van der Waals surface area contributed by atoms with E-state index >= 15 is 0 Å². The lowest BCUT2D eigenvalue weighted by atomic mass is 10.2. The fourth-order valence-corrected chi connectivity index (χ4v) is 4.78. The van der Waals surface area contributed by atoms with Crippen LogP contribution >= 0.6 is 0 Å². The average Bonchev–Trinajstić information content (AvgIpc) is 2.29. The van der Waals surface area contributed by atoms with Gasteiger partial charge in [-0.2, -0.15) is 17.0 Å². The van der Waals surface area contributed by atoms with Crippen LogP contribution in [0.1, 0.15) is 26.7 Å². The maximum absolute atomic E-state index is 12.2. The van der Waals surface area contributed by atoms with E-state index in [1.165, 1.54) is 8.61 Å². The molecule has 0 amide bonds. The van der Waals surface area contributed by atoms with Gasteiger partial charge in [0.15, 0.2) is 0 Å². The number of nitrogens with two attached hydrogens (primary N) is 1. The van der Waals surface area contributed by atoms with Gasteiger partial charge in [0.1, 0.15) is 0 Å². The summed E-state index contributed by atoms with van der Waals surface area (Å²) in [5, 5.41) is 4.30. The molecule has 7 nitrogen and oxygen atoms in total. The number of piperidine rings is 1. The number of hydrogen-bond acceptors (Lipinski definition) is 4. The molecule has 0 spiro atoms. The Morgan fingerprint density at radius 2 is 1.78 bits per heavy atom. The van der Waals surface area contributed by atoms with Crippen molar-refractivity contribution in [2.24, 2.45) is 5.14 Å². The molecule has 0 aliphatic carbocycles. The summed E-state index contributed by atoms with van der Waals surface area (Å²) in [7, 11) is -7.25. The fourth-order valence-electron chi connectivity index (χ4n) is 2.10. The van der Waals surface area contributed by atoms with Crippen LogP contribution in [-0.4, -0.2) is 56.9 Å². The van der Waals surface area contributed by atoms with Crippen molar-refractivity contribution in [1.82, 2.24) is 8.61 Å². The molecule has 0 saturated carbocycles. The van der Waals surface area contributed by atoms with Gasteiger partial charge in [-0.3, -0.25) is 0 Å². The molecule has 0 bridgehead atoms. The zero-order chi connectivity index (χ0) is 14.0. The Morgan fingerprint density at radius 3 is 2.22 bits per heavy atom. The summed E-state index contributed by atoms with van der Waals surface area (Å²) in [6, 6.07) is 0. The average molecular weight is 299 g/mol. The second-order valence-electron chi connectivity index (χ2n) is 4.30. The largest absolute Gasteiger partial charge is 0.281 e. The Labute approximate surface area is 109 Å². The van der Waals surface area contributed by atoms with E-state index in [9.17, 15) is 16.8 Å². The minimum absolute atomic E-state index is 0.0440. The quantitative estimate of drug-likeness (QED) is 0.727. The zero-order valence-corrected chi connectivity index (χ0v) is 12.4. The molecule has 1 aliphatic rings. The normalized spacial score (nSPS) is 23.4. The molecule has 1 heterocycles. The van der Waals surface area contributed by atoms with Crippen molar-refractivity contribution in [2.75, 3.05) is 26.2 Å². The Bertz CT molecular complexity index is 470. The monoisotopic (exact) mass is 299 g/mol. The smallest absolute Gasteiger partial charge is 0.228 e. The van der Waals surface area contributed by atoms with Crippen molar-refractivity contribution >= 4 is 20.2 Å². The molecular formula is C9H21N3O4S2. The van der Waals surface area contributed by atoms with E-state index in [2.05, 4.69) is 0 Å². The highest BCUT2D eigenvalue weighted by Crippen LogP contribution is 2.20. The summed E-state index contributed by atoms with van der Waals surface area (Å²) >= 11 is 0. The van der Waals surface area contributed by atoms with Gasteiger partial charge in [-0.1, -0.05) is 13.8 Å². The van der Waals surface area contributed by atoms with E-state index in [0.717, 1.165) is 0 Å². The summed E-state index contributed by atoms with van der Waals surface area (Å²) in [6.07, 6.45) is 0.935. The molecule has 9 heteroatoms. The fraction of sp³-hybridized carbons (Fsp3) is 1.00. The van der Waals surface area contributed by atoms with E-state index < -0.39 is 25.5 Å². The highest BCUT2D eigenvalue weighted by molar-refractivity contribution is 7.90. The van der Waals surface area contributed by atoms with Crippen molar-refractivity contribution in [3.63, 3.8) is 0 Å². The third kappa shape index (κ3) is 3.41. The minimum atomic E-state index is -3.68. The second-order valence-corrected chi connectivity index (χ2v) is 8.08. The first-order chi connectivity index (χ1) is 8.23. The van der Waals surface area contributed by atoms with E-state index in [4.69, 9.17) is 5.14 Å².